The number of aromatic nitrogens is 3. The summed E-state index contributed by atoms with van der Waals surface area (Å²) in [6, 6.07) is 20.5. The molecule has 0 saturated carbocycles. The van der Waals surface area contributed by atoms with Gasteiger partial charge in [0.15, 0.2) is 5.16 Å². The molecule has 0 atom stereocenters. The van der Waals surface area contributed by atoms with Crippen molar-refractivity contribution in [2.75, 3.05) is 0 Å². The maximum absolute atomic E-state index is 4.70. The highest BCUT2D eigenvalue weighted by molar-refractivity contribution is 7.98. The Morgan fingerprint density at radius 1 is 0.917 bits per heavy atom. The first kappa shape index (κ1) is 15.3. The Morgan fingerprint density at radius 2 is 1.71 bits per heavy atom. The summed E-state index contributed by atoms with van der Waals surface area (Å²) in [6.45, 7) is 2.01. The fraction of sp³-hybridized carbons (Fsp3) is 0.105. The molecule has 118 valence electrons. The highest BCUT2D eigenvalue weighted by Gasteiger charge is 2.08. The molecule has 2 heterocycles. The molecule has 0 aliphatic rings. The average Bonchev–Trinajstić information content (AvgIpc) is 3.03. The van der Waals surface area contributed by atoms with Crippen LogP contribution in [0.1, 0.15) is 10.7 Å². The van der Waals surface area contributed by atoms with Crippen LogP contribution in [0.15, 0.2) is 65.8 Å². The van der Waals surface area contributed by atoms with Gasteiger partial charge in [0.2, 0.25) is 0 Å². The second-order valence-electron chi connectivity index (χ2n) is 5.41. The minimum atomic E-state index is 0.789. The van der Waals surface area contributed by atoms with Gasteiger partial charge in [0.05, 0.1) is 21.7 Å². The number of thioether (sulfide) groups is 1. The molecule has 4 rings (SSSR count). The Kier molecular flexibility index (Phi) is 4.28. The summed E-state index contributed by atoms with van der Waals surface area (Å²) < 4.78 is 1.23. The van der Waals surface area contributed by atoms with E-state index in [0.717, 1.165) is 38.4 Å². The van der Waals surface area contributed by atoms with Crippen LogP contribution in [0, 0.1) is 6.92 Å². The Hall–Kier alpha value is -2.24. The van der Waals surface area contributed by atoms with Crippen LogP contribution in [0.25, 0.3) is 21.5 Å². The zero-order valence-corrected chi connectivity index (χ0v) is 14.8. The quantitative estimate of drug-likeness (QED) is 0.367. The van der Waals surface area contributed by atoms with Crippen molar-refractivity contribution < 1.29 is 0 Å². The van der Waals surface area contributed by atoms with Crippen molar-refractivity contribution >= 4 is 33.3 Å². The number of aryl methyl sites for hydroxylation is 1. The zero-order valence-electron chi connectivity index (χ0n) is 13.1. The van der Waals surface area contributed by atoms with Crippen molar-refractivity contribution in [1.29, 1.82) is 0 Å². The summed E-state index contributed by atoms with van der Waals surface area (Å²) in [4.78, 5) is 13.9. The van der Waals surface area contributed by atoms with E-state index in [1.807, 2.05) is 43.3 Å². The zero-order chi connectivity index (χ0) is 16.4. The molecule has 0 aliphatic carbocycles. The molecule has 0 aliphatic heterocycles. The molecule has 0 bridgehead atoms. The molecule has 0 N–H and O–H groups in total. The van der Waals surface area contributed by atoms with E-state index in [1.54, 1.807) is 23.1 Å². The molecule has 2 aromatic carbocycles. The molecule has 0 unspecified atom stereocenters. The number of hydrogen-bond acceptors (Lipinski definition) is 5. The highest BCUT2D eigenvalue weighted by Crippen LogP contribution is 2.28. The van der Waals surface area contributed by atoms with Gasteiger partial charge >= 0.3 is 0 Å². The van der Waals surface area contributed by atoms with Gasteiger partial charge in [-0.15, -0.1) is 11.3 Å². The lowest BCUT2D eigenvalue weighted by atomic mass is 10.1. The fourth-order valence-electron chi connectivity index (χ4n) is 2.47. The topological polar surface area (TPSA) is 38.7 Å². The number of thiazole rings is 1. The van der Waals surface area contributed by atoms with Crippen LogP contribution < -0.4 is 0 Å². The minimum absolute atomic E-state index is 0.789. The van der Waals surface area contributed by atoms with Crippen LogP contribution in [0.5, 0.6) is 0 Å². The molecule has 0 radical (unpaired) electrons. The van der Waals surface area contributed by atoms with Crippen molar-refractivity contribution in [1.82, 2.24) is 15.0 Å². The van der Waals surface area contributed by atoms with E-state index in [9.17, 15) is 0 Å². The van der Waals surface area contributed by atoms with Crippen molar-refractivity contribution in [3.05, 3.63) is 71.4 Å². The number of fused-ring (bicyclic) bond motifs is 1. The van der Waals surface area contributed by atoms with Crippen molar-refractivity contribution in [2.45, 2.75) is 17.8 Å². The van der Waals surface area contributed by atoms with Gasteiger partial charge in [-0.2, -0.15) is 0 Å². The van der Waals surface area contributed by atoms with Gasteiger partial charge in [-0.05, 0) is 25.1 Å². The molecule has 0 spiro atoms. The molecule has 3 nitrogen and oxygen atoms in total. The van der Waals surface area contributed by atoms with Crippen LogP contribution in [0.2, 0.25) is 0 Å². The van der Waals surface area contributed by atoms with Crippen molar-refractivity contribution in [3.63, 3.8) is 0 Å². The van der Waals surface area contributed by atoms with Crippen molar-refractivity contribution in [2.24, 2.45) is 0 Å². The third-order valence-corrected chi connectivity index (χ3v) is 5.64. The third kappa shape index (κ3) is 3.32. The lowest BCUT2D eigenvalue weighted by Gasteiger charge is -2.05. The second-order valence-corrected chi connectivity index (χ2v) is 7.46. The summed E-state index contributed by atoms with van der Waals surface area (Å²) in [5.74, 6) is 0.789. The number of benzene rings is 2. The Bertz CT molecular complexity index is 947. The van der Waals surface area contributed by atoms with E-state index in [2.05, 4.69) is 34.2 Å². The van der Waals surface area contributed by atoms with Crippen molar-refractivity contribution in [3.8, 4) is 11.3 Å². The van der Waals surface area contributed by atoms with E-state index in [-0.39, 0.29) is 0 Å². The third-order valence-electron chi connectivity index (χ3n) is 3.57. The predicted molar refractivity (Wildman–Crippen MR) is 101 cm³/mol. The molecule has 0 saturated heterocycles. The van der Waals surface area contributed by atoms with Gasteiger partial charge < -0.3 is 0 Å². The lowest BCUT2D eigenvalue weighted by molar-refractivity contribution is 0.937. The minimum Gasteiger partial charge on any atom is -0.240 e. The monoisotopic (exact) mass is 349 g/mol. The highest BCUT2D eigenvalue weighted by atomic mass is 32.2. The Balaban J connectivity index is 1.57. The van der Waals surface area contributed by atoms with Crippen LogP contribution in [-0.4, -0.2) is 15.0 Å². The molecule has 24 heavy (non-hydrogen) atoms. The maximum atomic E-state index is 4.70. The van der Waals surface area contributed by atoms with Gasteiger partial charge in [0.1, 0.15) is 5.01 Å². The first-order valence-electron chi connectivity index (χ1n) is 7.66. The lowest BCUT2D eigenvalue weighted by Crippen LogP contribution is -1.94. The van der Waals surface area contributed by atoms with Gasteiger partial charge in [-0.25, -0.2) is 15.0 Å². The largest absolute Gasteiger partial charge is 0.240 e. The van der Waals surface area contributed by atoms with Crippen LogP contribution in [0.3, 0.4) is 0 Å². The van der Waals surface area contributed by atoms with Crippen LogP contribution in [-0.2, 0) is 5.75 Å². The molecule has 0 fully saturated rings. The number of para-hydroxylation sites is 1. The molecule has 0 amide bonds. The number of rotatable bonds is 4. The van der Waals surface area contributed by atoms with Crippen LogP contribution >= 0.6 is 23.1 Å². The summed E-state index contributed by atoms with van der Waals surface area (Å²) in [5, 5.41) is 1.90. The van der Waals surface area contributed by atoms with Gasteiger partial charge in [0, 0.05) is 11.3 Å². The summed E-state index contributed by atoms with van der Waals surface area (Å²) in [7, 11) is 0. The van der Waals surface area contributed by atoms with Gasteiger partial charge in [-0.1, -0.05) is 54.2 Å². The standard InChI is InChI=1S/C19H15N3S2/c1-13-11-16(14-7-3-2-4-8-14)22-19(20-13)23-12-18-21-15-9-5-6-10-17(15)24-18/h2-11H,12H2,1H3. The summed E-state index contributed by atoms with van der Waals surface area (Å²) in [5.41, 5.74) is 4.13. The normalized spacial score (nSPS) is 11.0. The fourth-order valence-corrected chi connectivity index (χ4v) is 4.33. The van der Waals surface area contributed by atoms with E-state index in [4.69, 9.17) is 4.98 Å². The molecule has 4 aromatic rings. The SMILES string of the molecule is Cc1cc(-c2ccccc2)nc(SCc2nc3ccccc3s2)n1. The second kappa shape index (κ2) is 6.71. The Morgan fingerprint density at radius 3 is 2.54 bits per heavy atom. The molecule has 5 heteroatoms. The maximum Gasteiger partial charge on any atom is 0.188 e. The summed E-state index contributed by atoms with van der Waals surface area (Å²) in [6.07, 6.45) is 0. The van der Waals surface area contributed by atoms with Gasteiger partial charge in [-0.3, -0.25) is 0 Å². The van der Waals surface area contributed by atoms with E-state index >= 15 is 0 Å². The number of nitrogens with zero attached hydrogens (tertiary/aromatic N) is 3. The predicted octanol–water partition coefficient (Wildman–Crippen LogP) is 5.35. The average molecular weight is 349 g/mol. The van der Waals surface area contributed by atoms with E-state index in [0.29, 0.717) is 0 Å². The Labute approximate surface area is 148 Å². The molecule has 2 aromatic heterocycles. The first-order valence-corrected chi connectivity index (χ1v) is 9.46. The smallest absolute Gasteiger partial charge is 0.188 e. The summed E-state index contributed by atoms with van der Waals surface area (Å²) >= 11 is 3.37. The first-order chi connectivity index (χ1) is 11.8. The molecular weight excluding hydrogens is 334 g/mol. The molecular formula is C19H15N3S2. The van der Waals surface area contributed by atoms with Crippen LogP contribution in [0.4, 0.5) is 0 Å². The number of hydrogen-bond donors (Lipinski definition) is 0. The van der Waals surface area contributed by atoms with E-state index < -0.39 is 0 Å². The van der Waals surface area contributed by atoms with Gasteiger partial charge in [0.25, 0.3) is 0 Å². The van der Waals surface area contributed by atoms with E-state index in [1.165, 1.54) is 4.70 Å².